The van der Waals surface area contributed by atoms with E-state index in [1.165, 1.54) is 47.0 Å². The van der Waals surface area contributed by atoms with E-state index < -0.39 is 16.8 Å². The van der Waals surface area contributed by atoms with Gasteiger partial charge in [-0.2, -0.15) is 13.2 Å². The van der Waals surface area contributed by atoms with E-state index >= 15 is 0 Å². The highest BCUT2D eigenvalue weighted by Gasteiger charge is 2.61. The monoisotopic (exact) mass is 632 g/mol. The lowest BCUT2D eigenvalue weighted by Crippen LogP contribution is -2.42. The Morgan fingerprint density at radius 1 is 0.707 bits per heavy atom. The first-order valence-electron chi connectivity index (χ1n) is 12.8. The van der Waals surface area contributed by atoms with E-state index in [2.05, 4.69) is 4.98 Å². The van der Waals surface area contributed by atoms with Gasteiger partial charge in [0.1, 0.15) is 21.4 Å². The van der Waals surface area contributed by atoms with Crippen LogP contribution in [-0.4, -0.2) is 39.3 Å². The topological polar surface area (TPSA) is 94.1 Å². The van der Waals surface area contributed by atoms with Crippen LogP contribution in [0.4, 0.5) is 13.2 Å². The molecule has 0 radical (unpaired) electrons. The number of alkyl halides is 3. The van der Waals surface area contributed by atoms with Gasteiger partial charge in [-0.1, -0.05) is 13.8 Å². The number of halogens is 3. The average molecular weight is 633 g/mol. The van der Waals surface area contributed by atoms with E-state index in [9.17, 15) is 32.3 Å². The summed E-state index contributed by atoms with van der Waals surface area (Å²) in [6.45, 7) is 5.50. The number of fused-ring (bicyclic) bond motifs is 6. The molecule has 7 rings (SSSR count). The Morgan fingerprint density at radius 2 is 1.15 bits per heavy atom. The van der Waals surface area contributed by atoms with Gasteiger partial charge in [-0.25, -0.2) is 9.97 Å². The number of hydrogen-bond acceptors (Lipinski definition) is 10. The van der Waals surface area contributed by atoms with Gasteiger partial charge in [-0.05, 0) is 43.0 Å². The molecule has 0 spiro atoms. The maximum atomic E-state index is 13.8. The van der Waals surface area contributed by atoms with Crippen LogP contribution in [-0.2, 0) is 0 Å². The van der Waals surface area contributed by atoms with Gasteiger partial charge >= 0.3 is 6.18 Å². The molecule has 6 atom stereocenters. The molecule has 0 aromatic carbocycles. The number of carbonyl (C=O) groups is 4. The molecule has 3 aliphatic carbocycles. The molecule has 0 N–H and O–H groups in total. The molecule has 1 saturated carbocycles. The van der Waals surface area contributed by atoms with Crippen molar-refractivity contribution in [2.75, 3.05) is 0 Å². The quantitative estimate of drug-likeness (QED) is 0.213. The van der Waals surface area contributed by atoms with E-state index in [1.54, 1.807) is 6.07 Å². The molecule has 4 aromatic rings. The fraction of sp³-hybridized carbons (Fsp3) is 0.357. The van der Waals surface area contributed by atoms with Crippen LogP contribution in [0.3, 0.4) is 0 Å². The van der Waals surface area contributed by atoms with E-state index in [4.69, 9.17) is 4.98 Å². The molecule has 6 unspecified atom stereocenters. The van der Waals surface area contributed by atoms with Crippen LogP contribution >= 0.6 is 45.3 Å². The molecular weight excluding hydrogens is 614 g/mol. The standard InChI is InChI=1S/C28H19F3N2O4S4/c1-8-16-18(24-20(22(16)36)33-27(41-24)14-7-5-12(39-14)25(37)28(29,30)31)9(2)15-17(8)23-19(21(15)35)32-26(40-23)13-6-4-11(38-13)10(3)34/h4-9,15-18H,1-3H3. The third kappa shape index (κ3) is 3.85. The summed E-state index contributed by atoms with van der Waals surface area (Å²) in [6.07, 6.45) is -4.97. The molecule has 0 aliphatic heterocycles. The molecular formula is C28H19F3N2O4S4. The lowest BCUT2D eigenvalue weighted by molar-refractivity contribution is -0.0882. The lowest BCUT2D eigenvalue weighted by atomic mass is 9.59. The smallest absolute Gasteiger partial charge is 0.294 e. The maximum absolute atomic E-state index is 13.8. The van der Waals surface area contributed by atoms with E-state index in [1.807, 2.05) is 19.9 Å². The van der Waals surface area contributed by atoms with Crippen LogP contribution in [0.15, 0.2) is 24.3 Å². The summed E-state index contributed by atoms with van der Waals surface area (Å²) in [5.74, 6) is -3.49. The van der Waals surface area contributed by atoms with Gasteiger partial charge in [0, 0.05) is 33.4 Å². The summed E-state index contributed by atoms with van der Waals surface area (Å²) in [4.78, 5) is 63.3. The third-order valence-corrected chi connectivity index (χ3v) is 13.4. The molecule has 210 valence electrons. The minimum absolute atomic E-state index is 0.0273. The van der Waals surface area contributed by atoms with Crippen molar-refractivity contribution in [3.05, 3.63) is 55.2 Å². The second-order valence-corrected chi connectivity index (χ2v) is 15.0. The molecule has 0 amide bonds. The zero-order valence-corrected chi connectivity index (χ0v) is 24.8. The van der Waals surface area contributed by atoms with Crippen molar-refractivity contribution in [2.24, 2.45) is 23.7 Å². The van der Waals surface area contributed by atoms with Crippen LogP contribution in [0.1, 0.15) is 82.7 Å². The highest BCUT2D eigenvalue weighted by atomic mass is 32.1. The molecule has 0 bridgehead atoms. The predicted molar refractivity (Wildman–Crippen MR) is 151 cm³/mol. The Balaban J connectivity index is 1.22. The number of thiazole rings is 2. The molecule has 4 heterocycles. The number of aromatic nitrogens is 2. The average Bonchev–Trinajstić information content (AvgIpc) is 3.73. The van der Waals surface area contributed by atoms with Crippen LogP contribution < -0.4 is 0 Å². The van der Waals surface area contributed by atoms with Gasteiger partial charge in [0.2, 0.25) is 0 Å². The Morgan fingerprint density at radius 3 is 1.56 bits per heavy atom. The number of hydrogen-bond donors (Lipinski definition) is 0. The van der Waals surface area contributed by atoms with Crippen molar-refractivity contribution in [1.82, 2.24) is 9.97 Å². The van der Waals surface area contributed by atoms with Crippen LogP contribution in [0.25, 0.3) is 19.8 Å². The minimum atomic E-state index is -4.97. The van der Waals surface area contributed by atoms with Gasteiger partial charge in [0.05, 0.1) is 19.5 Å². The third-order valence-electron chi connectivity index (χ3n) is 8.49. The van der Waals surface area contributed by atoms with E-state index in [0.717, 1.165) is 20.7 Å². The minimum Gasteiger partial charge on any atom is -0.294 e. The van der Waals surface area contributed by atoms with Crippen molar-refractivity contribution in [1.29, 1.82) is 0 Å². The highest BCUT2D eigenvalue weighted by Crippen LogP contribution is 2.64. The first-order valence-corrected chi connectivity index (χ1v) is 16.1. The van der Waals surface area contributed by atoms with Crippen LogP contribution in [0, 0.1) is 23.7 Å². The van der Waals surface area contributed by atoms with Crippen molar-refractivity contribution in [2.45, 2.75) is 38.8 Å². The van der Waals surface area contributed by atoms with Crippen molar-refractivity contribution in [3.63, 3.8) is 0 Å². The van der Waals surface area contributed by atoms with E-state index in [-0.39, 0.29) is 52.9 Å². The number of Topliss-reactive ketones (excluding diaryl/α,β-unsaturated/α-hetero) is 4. The zero-order chi connectivity index (χ0) is 29.1. The number of ketones is 4. The summed E-state index contributed by atoms with van der Waals surface area (Å²) in [6, 6.07) is 6.17. The van der Waals surface area contributed by atoms with Crippen molar-refractivity contribution >= 4 is 68.5 Å². The fourth-order valence-corrected chi connectivity index (χ4v) is 11.4. The molecule has 13 heteroatoms. The van der Waals surface area contributed by atoms with Crippen molar-refractivity contribution in [3.8, 4) is 19.8 Å². The van der Waals surface area contributed by atoms with Gasteiger partial charge < -0.3 is 0 Å². The molecule has 41 heavy (non-hydrogen) atoms. The summed E-state index contributed by atoms with van der Waals surface area (Å²) >= 11 is 4.78. The highest BCUT2D eigenvalue weighted by molar-refractivity contribution is 7.23. The Labute approximate surface area is 247 Å². The van der Waals surface area contributed by atoms with Crippen LogP contribution in [0.2, 0.25) is 0 Å². The summed E-state index contributed by atoms with van der Waals surface area (Å²) in [5, 5.41) is 1.10. The molecule has 1 fully saturated rings. The first-order chi connectivity index (χ1) is 19.4. The van der Waals surface area contributed by atoms with Crippen molar-refractivity contribution < 1.29 is 32.3 Å². The summed E-state index contributed by atoms with van der Waals surface area (Å²) in [5.41, 5.74) is 0.776. The lowest BCUT2D eigenvalue weighted by Gasteiger charge is -2.43. The Bertz CT molecular complexity index is 1810. The number of rotatable bonds is 4. The SMILES string of the molecule is CC(=O)c1ccc(-c2nc3c(s2)C2C(C)C4C(=O)c5nc(-c6ccc(C(=O)C(F)(F)F)s6)sc5C4C(C)C2C3=O)s1. The Kier molecular flexibility index (Phi) is 5.97. The maximum Gasteiger partial charge on any atom is 0.455 e. The van der Waals surface area contributed by atoms with Gasteiger partial charge in [0.25, 0.3) is 5.78 Å². The number of nitrogens with zero attached hydrogens (tertiary/aromatic N) is 2. The normalized spacial score (nSPS) is 26.6. The largest absolute Gasteiger partial charge is 0.455 e. The van der Waals surface area contributed by atoms with Gasteiger partial charge in [-0.15, -0.1) is 45.3 Å². The summed E-state index contributed by atoms with van der Waals surface area (Å²) in [7, 11) is 0. The predicted octanol–water partition coefficient (Wildman–Crippen LogP) is 7.78. The number of thiophene rings is 2. The second-order valence-electron chi connectivity index (χ2n) is 10.7. The first kappa shape index (κ1) is 27.0. The zero-order valence-electron chi connectivity index (χ0n) is 21.6. The fourth-order valence-electron chi connectivity index (χ4n) is 6.71. The summed E-state index contributed by atoms with van der Waals surface area (Å²) < 4.78 is 38.7. The second kappa shape index (κ2) is 9.06. The van der Waals surface area contributed by atoms with Gasteiger partial charge in [-0.3, -0.25) is 19.2 Å². The molecule has 4 aromatic heterocycles. The molecule has 6 nitrogen and oxygen atoms in total. The van der Waals surface area contributed by atoms with Crippen LogP contribution in [0.5, 0.6) is 0 Å². The number of carbonyl (C=O) groups excluding carboxylic acids is 4. The van der Waals surface area contributed by atoms with E-state index in [0.29, 0.717) is 42.5 Å². The van der Waals surface area contributed by atoms with Gasteiger partial charge in [0.15, 0.2) is 17.3 Å². The molecule has 3 aliphatic rings. The Hall–Kier alpha value is -2.87. The molecule has 0 saturated heterocycles.